The minimum atomic E-state index is -0.214. The number of imidazole rings is 1. The van der Waals surface area contributed by atoms with E-state index in [0.717, 1.165) is 37.6 Å². The normalized spacial score (nSPS) is 18.3. The average Bonchev–Trinajstić information content (AvgIpc) is 3.26. The molecule has 0 bridgehead atoms. The van der Waals surface area contributed by atoms with Crippen LogP contribution in [0.25, 0.3) is 0 Å². The fourth-order valence-electron chi connectivity index (χ4n) is 3.47. The van der Waals surface area contributed by atoms with Gasteiger partial charge in [-0.15, -0.1) is 0 Å². The van der Waals surface area contributed by atoms with Crippen LogP contribution in [-0.2, 0) is 20.1 Å². The number of nitrogens with one attached hydrogen (secondary N) is 1. The van der Waals surface area contributed by atoms with E-state index in [2.05, 4.69) is 31.1 Å². The van der Waals surface area contributed by atoms with Crippen LogP contribution in [0.3, 0.4) is 0 Å². The Bertz CT molecular complexity index is 853. The van der Waals surface area contributed by atoms with Gasteiger partial charge < -0.3 is 9.88 Å². The smallest absolute Gasteiger partial charge is 0.127 e. The molecular weight excluding hydrogens is 331 g/mol. The van der Waals surface area contributed by atoms with E-state index in [1.807, 2.05) is 30.3 Å². The molecule has 1 aliphatic rings. The van der Waals surface area contributed by atoms with Crippen LogP contribution in [0.5, 0.6) is 0 Å². The molecule has 3 heterocycles. The summed E-state index contributed by atoms with van der Waals surface area (Å²) in [5, 5.41) is 7.93. The van der Waals surface area contributed by atoms with Crippen molar-refractivity contribution in [1.29, 1.82) is 0 Å². The fraction of sp³-hybridized carbons (Fsp3) is 0.368. The summed E-state index contributed by atoms with van der Waals surface area (Å²) in [4.78, 5) is 6.97. The summed E-state index contributed by atoms with van der Waals surface area (Å²) in [6.45, 7) is 4.33. The van der Waals surface area contributed by atoms with E-state index < -0.39 is 0 Å². The molecule has 0 aliphatic carbocycles. The van der Waals surface area contributed by atoms with Crippen molar-refractivity contribution in [3.05, 3.63) is 71.8 Å². The summed E-state index contributed by atoms with van der Waals surface area (Å²) in [6.07, 6.45) is 7.83. The number of nitrogens with zero attached hydrogens (tertiary/aromatic N) is 5. The average molecular weight is 354 g/mol. The van der Waals surface area contributed by atoms with Crippen molar-refractivity contribution in [2.45, 2.75) is 19.1 Å². The van der Waals surface area contributed by atoms with E-state index in [1.54, 1.807) is 12.1 Å². The maximum atomic E-state index is 13.0. The number of benzene rings is 1. The van der Waals surface area contributed by atoms with Crippen LogP contribution in [0.15, 0.2) is 49.1 Å². The molecule has 1 aliphatic heterocycles. The predicted octanol–water partition coefficient (Wildman–Crippen LogP) is 1.95. The van der Waals surface area contributed by atoms with Crippen LogP contribution in [0.1, 0.15) is 23.0 Å². The second kappa shape index (κ2) is 7.39. The lowest BCUT2D eigenvalue weighted by molar-refractivity contribution is 0.144. The van der Waals surface area contributed by atoms with Crippen LogP contribution < -0.4 is 5.32 Å². The van der Waals surface area contributed by atoms with Gasteiger partial charge in [-0.3, -0.25) is 9.58 Å². The zero-order chi connectivity index (χ0) is 17.9. The SMILES string of the molecule is Cn1ccnc1C1CNCCN1Cc1cnn(Cc2ccc(F)cc2)c1. The molecule has 4 rings (SSSR count). The van der Waals surface area contributed by atoms with Crippen molar-refractivity contribution in [2.75, 3.05) is 19.6 Å². The molecule has 1 fully saturated rings. The van der Waals surface area contributed by atoms with Gasteiger partial charge in [-0.1, -0.05) is 12.1 Å². The molecule has 7 heteroatoms. The molecule has 1 N–H and O–H groups in total. The second-order valence-corrected chi connectivity index (χ2v) is 6.76. The van der Waals surface area contributed by atoms with Crippen LogP contribution in [0.2, 0.25) is 0 Å². The number of piperazine rings is 1. The summed E-state index contributed by atoms with van der Waals surface area (Å²) in [6, 6.07) is 6.81. The van der Waals surface area contributed by atoms with Crippen molar-refractivity contribution in [3.63, 3.8) is 0 Å². The predicted molar refractivity (Wildman–Crippen MR) is 97.0 cm³/mol. The first-order valence-electron chi connectivity index (χ1n) is 8.87. The van der Waals surface area contributed by atoms with E-state index in [4.69, 9.17) is 0 Å². The van der Waals surface area contributed by atoms with Crippen LogP contribution in [-0.4, -0.2) is 43.9 Å². The van der Waals surface area contributed by atoms with E-state index in [-0.39, 0.29) is 11.9 Å². The highest BCUT2D eigenvalue weighted by atomic mass is 19.1. The zero-order valence-electron chi connectivity index (χ0n) is 14.8. The van der Waals surface area contributed by atoms with Gasteiger partial charge in [-0.05, 0) is 17.7 Å². The van der Waals surface area contributed by atoms with E-state index >= 15 is 0 Å². The monoisotopic (exact) mass is 354 g/mol. The maximum absolute atomic E-state index is 13.0. The Kier molecular flexibility index (Phi) is 4.81. The summed E-state index contributed by atoms with van der Waals surface area (Å²) >= 11 is 0. The van der Waals surface area contributed by atoms with Crippen LogP contribution >= 0.6 is 0 Å². The number of hydrogen-bond donors (Lipinski definition) is 1. The van der Waals surface area contributed by atoms with Gasteiger partial charge in [0, 0.05) is 57.4 Å². The van der Waals surface area contributed by atoms with Gasteiger partial charge in [0.25, 0.3) is 0 Å². The van der Waals surface area contributed by atoms with E-state index in [0.29, 0.717) is 6.54 Å². The number of halogens is 1. The van der Waals surface area contributed by atoms with Gasteiger partial charge in [0.2, 0.25) is 0 Å². The highest BCUT2D eigenvalue weighted by Crippen LogP contribution is 2.22. The first-order chi connectivity index (χ1) is 12.7. The van der Waals surface area contributed by atoms with E-state index in [1.165, 1.54) is 17.7 Å². The highest BCUT2D eigenvalue weighted by Gasteiger charge is 2.26. The molecule has 0 spiro atoms. The molecule has 2 aromatic heterocycles. The van der Waals surface area contributed by atoms with Crippen molar-refractivity contribution in [2.24, 2.45) is 7.05 Å². The number of aryl methyl sites for hydroxylation is 1. The third kappa shape index (κ3) is 3.68. The second-order valence-electron chi connectivity index (χ2n) is 6.76. The van der Waals surface area contributed by atoms with Crippen molar-refractivity contribution in [3.8, 4) is 0 Å². The van der Waals surface area contributed by atoms with Crippen LogP contribution in [0.4, 0.5) is 4.39 Å². The third-order valence-electron chi connectivity index (χ3n) is 4.84. The summed E-state index contributed by atoms with van der Waals surface area (Å²) < 4.78 is 17.0. The number of rotatable bonds is 5. The first kappa shape index (κ1) is 16.9. The zero-order valence-corrected chi connectivity index (χ0v) is 14.8. The van der Waals surface area contributed by atoms with Gasteiger partial charge in [-0.25, -0.2) is 9.37 Å². The van der Waals surface area contributed by atoms with Gasteiger partial charge in [0.1, 0.15) is 11.6 Å². The van der Waals surface area contributed by atoms with Crippen molar-refractivity contribution >= 4 is 0 Å². The number of hydrogen-bond acceptors (Lipinski definition) is 4. The lowest BCUT2D eigenvalue weighted by Gasteiger charge is -2.35. The Morgan fingerprint density at radius 3 is 2.81 bits per heavy atom. The lowest BCUT2D eigenvalue weighted by Crippen LogP contribution is -2.46. The molecule has 1 saturated heterocycles. The Morgan fingerprint density at radius 2 is 2.04 bits per heavy atom. The van der Waals surface area contributed by atoms with Gasteiger partial charge >= 0.3 is 0 Å². The molecule has 1 aromatic carbocycles. The Balaban J connectivity index is 1.45. The quantitative estimate of drug-likeness (QED) is 0.761. The fourth-order valence-corrected chi connectivity index (χ4v) is 3.47. The largest absolute Gasteiger partial charge is 0.337 e. The molecule has 26 heavy (non-hydrogen) atoms. The maximum Gasteiger partial charge on any atom is 0.127 e. The molecular formula is C19H23FN6. The summed E-state index contributed by atoms with van der Waals surface area (Å²) in [5.74, 6) is 0.866. The molecule has 0 saturated carbocycles. The lowest BCUT2D eigenvalue weighted by atomic mass is 10.1. The van der Waals surface area contributed by atoms with Crippen molar-refractivity contribution in [1.82, 2.24) is 29.5 Å². The molecule has 0 radical (unpaired) electrons. The minimum Gasteiger partial charge on any atom is -0.337 e. The summed E-state index contributed by atoms with van der Waals surface area (Å²) in [5.41, 5.74) is 2.21. The van der Waals surface area contributed by atoms with Gasteiger partial charge in [-0.2, -0.15) is 5.10 Å². The van der Waals surface area contributed by atoms with E-state index in [9.17, 15) is 4.39 Å². The van der Waals surface area contributed by atoms with Gasteiger partial charge in [0.15, 0.2) is 0 Å². The molecule has 1 unspecified atom stereocenters. The molecule has 3 aromatic rings. The van der Waals surface area contributed by atoms with Crippen LogP contribution in [0, 0.1) is 5.82 Å². The topological polar surface area (TPSA) is 50.9 Å². The third-order valence-corrected chi connectivity index (χ3v) is 4.84. The Hall–Kier alpha value is -2.51. The Labute approximate surface area is 152 Å². The number of aromatic nitrogens is 4. The molecule has 1 atom stereocenters. The van der Waals surface area contributed by atoms with Crippen molar-refractivity contribution < 1.29 is 4.39 Å². The molecule has 136 valence electrons. The summed E-state index contributed by atoms with van der Waals surface area (Å²) in [7, 11) is 2.04. The molecule has 0 amide bonds. The first-order valence-corrected chi connectivity index (χ1v) is 8.87. The molecule has 6 nitrogen and oxygen atoms in total. The van der Waals surface area contributed by atoms with Gasteiger partial charge in [0.05, 0.1) is 18.8 Å². The standard InChI is InChI=1S/C19H23FN6/c1-24-8-7-22-19(24)18-11-21-6-9-25(18)12-16-10-23-26(14-16)13-15-2-4-17(20)5-3-15/h2-5,7-8,10,14,18,21H,6,9,11-13H2,1H3. The highest BCUT2D eigenvalue weighted by molar-refractivity contribution is 5.17. The Morgan fingerprint density at radius 1 is 1.19 bits per heavy atom. The minimum absolute atomic E-state index is 0.214.